The lowest BCUT2D eigenvalue weighted by Crippen LogP contribution is -2.25. The molecule has 1 amide bonds. The Morgan fingerprint density at radius 3 is 2.52 bits per heavy atom. The molecule has 7 nitrogen and oxygen atoms in total. The number of nitrogens with two attached hydrogens (primary N) is 1. The van der Waals surface area contributed by atoms with E-state index in [1.165, 1.54) is 24.3 Å². The van der Waals surface area contributed by atoms with E-state index in [0.29, 0.717) is 18.0 Å². The second-order valence-corrected chi connectivity index (χ2v) is 7.20. The van der Waals surface area contributed by atoms with Crippen LogP contribution in [0.2, 0.25) is 0 Å². The molecule has 3 N–H and O–H groups in total. The minimum absolute atomic E-state index is 0.0264. The van der Waals surface area contributed by atoms with Crippen molar-refractivity contribution < 1.29 is 13.2 Å². The van der Waals surface area contributed by atoms with Gasteiger partial charge in [-0.3, -0.25) is 4.79 Å². The molecule has 0 radical (unpaired) electrons. The summed E-state index contributed by atoms with van der Waals surface area (Å²) in [6, 6.07) is 5.47. The molecule has 8 heteroatoms. The van der Waals surface area contributed by atoms with Gasteiger partial charge in [-0.15, -0.1) is 0 Å². The maximum absolute atomic E-state index is 12.1. The molecule has 0 saturated carbocycles. The lowest BCUT2D eigenvalue weighted by Gasteiger charge is -2.11. The first-order valence-electron chi connectivity index (χ1n) is 7.18. The van der Waals surface area contributed by atoms with E-state index < -0.39 is 10.0 Å². The molecule has 0 bridgehead atoms. The smallest absolute Gasteiger partial charge is 0.251 e. The number of primary sulfonamides is 1. The van der Waals surface area contributed by atoms with E-state index in [4.69, 9.17) is 5.14 Å². The maximum Gasteiger partial charge on any atom is 0.251 e. The van der Waals surface area contributed by atoms with Crippen LogP contribution < -0.4 is 10.5 Å². The maximum atomic E-state index is 12.1. The highest BCUT2D eigenvalue weighted by molar-refractivity contribution is 7.89. The Kier molecular flexibility index (Phi) is 5.17. The highest BCUT2D eigenvalue weighted by atomic mass is 32.2. The topological polar surface area (TPSA) is 107 Å². The number of nitrogens with zero attached hydrogens (tertiary/aromatic N) is 2. The van der Waals surface area contributed by atoms with Crippen LogP contribution in [0.3, 0.4) is 0 Å². The van der Waals surface area contributed by atoms with E-state index in [2.05, 4.69) is 24.1 Å². The fourth-order valence-electron chi connectivity index (χ4n) is 2.12. The Morgan fingerprint density at radius 2 is 1.96 bits per heavy atom. The molecule has 0 atom stereocenters. The molecule has 1 heterocycles. The summed E-state index contributed by atoms with van der Waals surface area (Å²) in [5.74, 6) is 0.947. The summed E-state index contributed by atoms with van der Waals surface area (Å²) in [4.78, 5) is 16.3. The zero-order chi connectivity index (χ0) is 17.0. The van der Waals surface area contributed by atoms with Crippen molar-refractivity contribution in [1.29, 1.82) is 0 Å². The van der Waals surface area contributed by atoms with Gasteiger partial charge in [-0.1, -0.05) is 13.8 Å². The van der Waals surface area contributed by atoms with Gasteiger partial charge in [-0.05, 0) is 30.2 Å². The van der Waals surface area contributed by atoms with Crippen LogP contribution in [0.1, 0.15) is 30.0 Å². The van der Waals surface area contributed by atoms with Gasteiger partial charge in [0.25, 0.3) is 5.91 Å². The van der Waals surface area contributed by atoms with E-state index in [1.54, 1.807) is 6.20 Å². The molecule has 0 saturated heterocycles. The Morgan fingerprint density at radius 1 is 1.30 bits per heavy atom. The summed E-state index contributed by atoms with van der Waals surface area (Å²) >= 11 is 0. The van der Waals surface area contributed by atoms with Gasteiger partial charge in [0.05, 0.1) is 11.4 Å². The molecular formula is C15H20N4O3S. The quantitative estimate of drug-likeness (QED) is 0.824. The highest BCUT2D eigenvalue weighted by Crippen LogP contribution is 2.09. The second-order valence-electron chi connectivity index (χ2n) is 5.64. The lowest BCUT2D eigenvalue weighted by molar-refractivity contribution is 0.0949. The van der Waals surface area contributed by atoms with Crippen molar-refractivity contribution in [3.8, 4) is 0 Å². The zero-order valence-electron chi connectivity index (χ0n) is 13.1. The van der Waals surface area contributed by atoms with Crippen molar-refractivity contribution in [3.05, 3.63) is 48.0 Å². The second kappa shape index (κ2) is 6.93. The molecule has 0 aliphatic carbocycles. The Balaban J connectivity index is 2.01. The molecule has 0 aliphatic heterocycles. The third-order valence-electron chi connectivity index (χ3n) is 3.22. The standard InChI is InChI=1S/C15H20N4O3S/c1-11(2)10-19-8-7-17-14(19)9-18-15(20)12-3-5-13(6-4-12)23(16,21)22/h3-8,11H,9-10H2,1-2H3,(H,18,20)(H2,16,21,22). The summed E-state index contributed by atoms with van der Waals surface area (Å²) in [6.07, 6.45) is 3.58. The largest absolute Gasteiger partial charge is 0.345 e. The Bertz CT molecular complexity index is 779. The number of nitrogens with one attached hydrogen (secondary N) is 1. The number of carbonyl (C=O) groups excluding carboxylic acids is 1. The Labute approximate surface area is 135 Å². The summed E-state index contributed by atoms with van der Waals surface area (Å²) in [5.41, 5.74) is 0.361. The average Bonchev–Trinajstić information content (AvgIpc) is 2.90. The first-order valence-corrected chi connectivity index (χ1v) is 8.73. The third kappa shape index (κ3) is 4.64. The van der Waals surface area contributed by atoms with Gasteiger partial charge >= 0.3 is 0 Å². The van der Waals surface area contributed by atoms with E-state index >= 15 is 0 Å². The minimum Gasteiger partial charge on any atom is -0.345 e. The molecule has 0 aliphatic rings. The lowest BCUT2D eigenvalue weighted by atomic mass is 10.2. The van der Waals surface area contributed by atoms with Crippen molar-refractivity contribution in [1.82, 2.24) is 14.9 Å². The molecule has 0 unspecified atom stereocenters. The highest BCUT2D eigenvalue weighted by Gasteiger charge is 2.11. The number of rotatable bonds is 6. The Hall–Kier alpha value is -2.19. The number of aromatic nitrogens is 2. The molecule has 2 rings (SSSR count). The van der Waals surface area contributed by atoms with Crippen LogP contribution in [-0.4, -0.2) is 23.9 Å². The van der Waals surface area contributed by atoms with Crippen LogP contribution in [0.25, 0.3) is 0 Å². The molecule has 1 aromatic carbocycles. The molecule has 0 fully saturated rings. The molecule has 23 heavy (non-hydrogen) atoms. The van der Waals surface area contributed by atoms with Crippen molar-refractivity contribution in [3.63, 3.8) is 0 Å². The average molecular weight is 336 g/mol. The van der Waals surface area contributed by atoms with Crippen LogP contribution in [0, 0.1) is 5.92 Å². The fourth-order valence-corrected chi connectivity index (χ4v) is 2.64. The molecule has 1 aromatic heterocycles. The number of hydrogen-bond donors (Lipinski definition) is 2. The summed E-state index contributed by atoms with van der Waals surface area (Å²) in [5, 5.41) is 7.79. The number of amides is 1. The number of imidazole rings is 1. The molecule has 2 aromatic rings. The van der Waals surface area contributed by atoms with Gasteiger partial charge in [0.1, 0.15) is 5.82 Å². The SMILES string of the molecule is CC(C)Cn1ccnc1CNC(=O)c1ccc(S(N)(=O)=O)cc1. The van der Waals surface area contributed by atoms with Crippen molar-refractivity contribution >= 4 is 15.9 Å². The van der Waals surface area contributed by atoms with Gasteiger partial charge in [-0.2, -0.15) is 0 Å². The van der Waals surface area contributed by atoms with Crippen molar-refractivity contribution in [2.24, 2.45) is 11.1 Å². The summed E-state index contributed by atoms with van der Waals surface area (Å²) < 4.78 is 24.4. The van der Waals surface area contributed by atoms with Gasteiger partial charge in [0.2, 0.25) is 10.0 Å². The number of hydrogen-bond acceptors (Lipinski definition) is 4. The predicted molar refractivity (Wildman–Crippen MR) is 86.1 cm³/mol. The summed E-state index contributed by atoms with van der Waals surface area (Å²) in [6.45, 7) is 5.34. The normalized spacial score (nSPS) is 11.7. The van der Waals surface area contributed by atoms with Crippen LogP contribution in [0.4, 0.5) is 0 Å². The minimum atomic E-state index is -3.76. The first kappa shape index (κ1) is 17.2. The van der Waals surface area contributed by atoms with Crippen LogP contribution in [0.5, 0.6) is 0 Å². The van der Waals surface area contributed by atoms with Crippen molar-refractivity contribution in [2.75, 3.05) is 0 Å². The van der Waals surface area contributed by atoms with Gasteiger partial charge in [-0.25, -0.2) is 18.5 Å². The number of benzene rings is 1. The molecule has 0 spiro atoms. The predicted octanol–water partition coefficient (Wildman–Crippen LogP) is 1.12. The number of carbonyl (C=O) groups is 1. The summed E-state index contributed by atoms with van der Waals surface area (Å²) in [7, 11) is -3.76. The van der Waals surface area contributed by atoms with E-state index in [1.807, 2.05) is 10.8 Å². The van der Waals surface area contributed by atoms with Gasteiger partial charge in [0, 0.05) is 24.5 Å². The molecule has 124 valence electrons. The van der Waals surface area contributed by atoms with Gasteiger partial charge in [0.15, 0.2) is 0 Å². The van der Waals surface area contributed by atoms with Crippen LogP contribution >= 0.6 is 0 Å². The van der Waals surface area contributed by atoms with E-state index in [-0.39, 0.29) is 10.8 Å². The van der Waals surface area contributed by atoms with Crippen LogP contribution in [0.15, 0.2) is 41.6 Å². The van der Waals surface area contributed by atoms with E-state index in [0.717, 1.165) is 12.4 Å². The monoisotopic (exact) mass is 336 g/mol. The van der Waals surface area contributed by atoms with Crippen LogP contribution in [-0.2, 0) is 23.1 Å². The van der Waals surface area contributed by atoms with Crippen molar-refractivity contribution in [2.45, 2.75) is 31.8 Å². The fraction of sp³-hybridized carbons (Fsp3) is 0.333. The zero-order valence-corrected chi connectivity index (χ0v) is 13.9. The first-order chi connectivity index (χ1) is 10.8. The third-order valence-corrected chi connectivity index (χ3v) is 4.14. The van der Waals surface area contributed by atoms with Gasteiger partial charge < -0.3 is 9.88 Å². The van der Waals surface area contributed by atoms with E-state index in [9.17, 15) is 13.2 Å². The molecular weight excluding hydrogens is 316 g/mol. The number of sulfonamides is 1.